The van der Waals surface area contributed by atoms with E-state index in [0.717, 1.165) is 40.4 Å². The van der Waals surface area contributed by atoms with E-state index in [1.54, 1.807) is 7.11 Å². The molecule has 1 N–H and O–H groups in total. The molecule has 0 spiro atoms. The molecule has 4 aromatic rings. The standard InChI is InChI=1S/C33H30N2O2/c1-37-27-18-16-25(17-19-27)33-32-29(20-26(21-31(32)36)24-12-6-3-7-13-24)34-28-14-8-9-15-30(28)35(33)22-23-10-4-2-5-11-23/h2-19,26,33-34H,20-22H2,1H3/t26-,33+/m0/s1. The fraction of sp³-hybridized carbons (Fsp3) is 0.182. The van der Waals surface area contributed by atoms with Gasteiger partial charge in [0.25, 0.3) is 0 Å². The lowest BCUT2D eigenvalue weighted by Gasteiger charge is -2.36. The van der Waals surface area contributed by atoms with Crippen LogP contribution in [-0.4, -0.2) is 12.9 Å². The molecule has 0 aromatic heterocycles. The number of allylic oxidation sites excluding steroid dienone is 1. The first-order valence-electron chi connectivity index (χ1n) is 12.8. The number of nitrogens with one attached hydrogen (secondary N) is 1. The van der Waals surface area contributed by atoms with Crippen LogP contribution in [0.2, 0.25) is 0 Å². The number of methoxy groups -OCH3 is 1. The molecule has 0 amide bonds. The van der Waals surface area contributed by atoms with E-state index in [9.17, 15) is 4.79 Å². The summed E-state index contributed by atoms with van der Waals surface area (Å²) in [7, 11) is 1.68. The minimum absolute atomic E-state index is 0.157. The van der Waals surface area contributed by atoms with Crippen LogP contribution in [0.4, 0.5) is 11.4 Å². The summed E-state index contributed by atoms with van der Waals surface area (Å²) in [5, 5.41) is 3.72. The second-order valence-corrected chi connectivity index (χ2v) is 9.76. The van der Waals surface area contributed by atoms with Crippen LogP contribution < -0.4 is 15.0 Å². The normalized spacial score (nSPS) is 18.9. The van der Waals surface area contributed by atoms with Crippen molar-refractivity contribution in [3.8, 4) is 5.75 Å². The molecule has 2 aliphatic rings. The molecule has 4 nitrogen and oxygen atoms in total. The second kappa shape index (κ2) is 9.98. The van der Waals surface area contributed by atoms with E-state index >= 15 is 0 Å². The van der Waals surface area contributed by atoms with Crippen LogP contribution in [-0.2, 0) is 11.3 Å². The van der Waals surface area contributed by atoms with Crippen molar-refractivity contribution < 1.29 is 9.53 Å². The van der Waals surface area contributed by atoms with Gasteiger partial charge in [-0.3, -0.25) is 4.79 Å². The van der Waals surface area contributed by atoms with Gasteiger partial charge in [0.1, 0.15) is 5.75 Å². The molecule has 0 unspecified atom stereocenters. The third kappa shape index (κ3) is 4.51. The first kappa shape index (κ1) is 23.1. The fourth-order valence-electron chi connectivity index (χ4n) is 5.70. The molecule has 4 aromatic carbocycles. The van der Waals surface area contributed by atoms with Gasteiger partial charge in [-0.2, -0.15) is 0 Å². The van der Waals surface area contributed by atoms with Gasteiger partial charge in [0.2, 0.25) is 0 Å². The van der Waals surface area contributed by atoms with Crippen LogP contribution in [0.25, 0.3) is 0 Å². The molecule has 1 aliphatic heterocycles. The summed E-state index contributed by atoms with van der Waals surface area (Å²) < 4.78 is 5.45. The number of benzene rings is 4. The van der Waals surface area contributed by atoms with Crippen LogP contribution in [0.1, 0.15) is 41.5 Å². The molecular weight excluding hydrogens is 456 g/mol. The Morgan fingerprint density at radius 2 is 1.46 bits per heavy atom. The number of Topliss-reactive ketones (excluding diaryl/α,β-unsaturated/α-hetero) is 1. The average Bonchev–Trinajstić information content (AvgIpc) is 3.09. The maximum absolute atomic E-state index is 14.1. The number of carbonyl (C=O) groups is 1. The van der Waals surface area contributed by atoms with Gasteiger partial charge in [0.05, 0.1) is 24.5 Å². The minimum Gasteiger partial charge on any atom is -0.497 e. The molecule has 1 heterocycles. The van der Waals surface area contributed by atoms with Crippen molar-refractivity contribution in [2.45, 2.75) is 31.3 Å². The maximum Gasteiger partial charge on any atom is 0.163 e. The molecule has 0 fully saturated rings. The first-order valence-corrected chi connectivity index (χ1v) is 12.8. The number of ketones is 1. The van der Waals surface area contributed by atoms with Crippen molar-refractivity contribution in [2.24, 2.45) is 0 Å². The number of anilines is 2. The van der Waals surface area contributed by atoms with E-state index in [1.807, 2.05) is 24.3 Å². The van der Waals surface area contributed by atoms with E-state index in [0.29, 0.717) is 13.0 Å². The average molecular weight is 487 g/mol. The molecule has 1 aliphatic carbocycles. The van der Waals surface area contributed by atoms with Crippen molar-refractivity contribution in [1.82, 2.24) is 0 Å². The Morgan fingerprint density at radius 3 is 2.19 bits per heavy atom. The lowest BCUT2D eigenvalue weighted by atomic mass is 9.78. The number of hydrogen-bond acceptors (Lipinski definition) is 4. The summed E-state index contributed by atoms with van der Waals surface area (Å²) >= 11 is 0. The van der Waals surface area contributed by atoms with Gasteiger partial charge in [-0.1, -0.05) is 84.9 Å². The van der Waals surface area contributed by atoms with Gasteiger partial charge in [-0.25, -0.2) is 0 Å². The third-order valence-corrected chi connectivity index (χ3v) is 7.49. The van der Waals surface area contributed by atoms with Crippen molar-refractivity contribution in [3.05, 3.63) is 137 Å². The van der Waals surface area contributed by atoms with Crippen molar-refractivity contribution in [1.29, 1.82) is 0 Å². The zero-order valence-electron chi connectivity index (χ0n) is 20.9. The van der Waals surface area contributed by atoms with Gasteiger partial charge in [-0.15, -0.1) is 0 Å². The highest BCUT2D eigenvalue weighted by atomic mass is 16.5. The molecule has 37 heavy (non-hydrogen) atoms. The van der Waals surface area contributed by atoms with Crippen molar-refractivity contribution in [2.75, 3.05) is 17.3 Å². The predicted molar refractivity (Wildman–Crippen MR) is 149 cm³/mol. The number of ether oxygens (including phenoxy) is 1. The van der Waals surface area contributed by atoms with Crippen molar-refractivity contribution in [3.63, 3.8) is 0 Å². The monoisotopic (exact) mass is 486 g/mol. The molecule has 2 atom stereocenters. The number of nitrogens with zero attached hydrogens (tertiary/aromatic N) is 1. The maximum atomic E-state index is 14.1. The van der Waals surface area contributed by atoms with Gasteiger partial charge < -0.3 is 15.0 Å². The highest BCUT2D eigenvalue weighted by molar-refractivity contribution is 6.01. The Labute approximate surface area is 218 Å². The molecule has 6 rings (SSSR count). The Kier molecular flexibility index (Phi) is 6.23. The Morgan fingerprint density at radius 1 is 0.784 bits per heavy atom. The smallest absolute Gasteiger partial charge is 0.163 e. The molecule has 0 radical (unpaired) electrons. The third-order valence-electron chi connectivity index (χ3n) is 7.49. The first-order chi connectivity index (χ1) is 18.2. The van der Waals surface area contributed by atoms with E-state index in [2.05, 4.69) is 95.1 Å². The summed E-state index contributed by atoms with van der Waals surface area (Å²) in [6, 6.07) is 37.2. The SMILES string of the molecule is COc1ccc([C@@H]2C3=C(C[C@H](c4ccccc4)CC3=O)Nc3ccccc3N2Cc2ccccc2)cc1. The van der Waals surface area contributed by atoms with E-state index in [4.69, 9.17) is 4.74 Å². The molecule has 0 saturated carbocycles. The topological polar surface area (TPSA) is 41.6 Å². The summed E-state index contributed by atoms with van der Waals surface area (Å²) in [5.41, 5.74) is 7.50. The minimum atomic E-state index is -0.221. The Hall–Kier alpha value is -4.31. The number of hydrogen-bond donors (Lipinski definition) is 1. The van der Waals surface area contributed by atoms with Gasteiger partial charge in [-0.05, 0) is 53.3 Å². The van der Waals surface area contributed by atoms with Gasteiger partial charge in [0.15, 0.2) is 5.78 Å². The number of carbonyl (C=O) groups excluding carboxylic acids is 1. The zero-order valence-corrected chi connectivity index (χ0v) is 20.9. The van der Waals surface area contributed by atoms with Crippen molar-refractivity contribution >= 4 is 17.2 Å². The largest absolute Gasteiger partial charge is 0.497 e. The van der Waals surface area contributed by atoms with Crippen LogP contribution in [0.15, 0.2) is 120 Å². The number of para-hydroxylation sites is 2. The lowest BCUT2D eigenvalue weighted by Crippen LogP contribution is -2.34. The molecule has 0 saturated heterocycles. The summed E-state index contributed by atoms with van der Waals surface area (Å²) in [6.07, 6.45) is 1.30. The van der Waals surface area contributed by atoms with E-state index in [-0.39, 0.29) is 17.7 Å². The van der Waals surface area contributed by atoms with Crippen LogP contribution in [0.5, 0.6) is 5.75 Å². The highest BCUT2D eigenvalue weighted by Gasteiger charge is 2.39. The summed E-state index contributed by atoms with van der Waals surface area (Å²) in [5.74, 6) is 1.16. The van der Waals surface area contributed by atoms with Gasteiger partial charge >= 0.3 is 0 Å². The van der Waals surface area contributed by atoms with Crippen LogP contribution >= 0.6 is 0 Å². The Bertz CT molecular complexity index is 1430. The quantitative estimate of drug-likeness (QED) is 0.322. The highest BCUT2D eigenvalue weighted by Crippen LogP contribution is 2.48. The molecule has 184 valence electrons. The van der Waals surface area contributed by atoms with Gasteiger partial charge in [0, 0.05) is 24.2 Å². The lowest BCUT2D eigenvalue weighted by molar-refractivity contribution is -0.116. The fourth-order valence-corrected chi connectivity index (χ4v) is 5.70. The zero-order chi connectivity index (χ0) is 25.2. The van der Waals surface area contributed by atoms with Crippen LogP contribution in [0, 0.1) is 0 Å². The molecule has 0 bridgehead atoms. The molecular formula is C33H30N2O2. The number of fused-ring (bicyclic) bond motifs is 1. The summed E-state index contributed by atoms with van der Waals surface area (Å²) in [6.45, 7) is 0.683. The Balaban J connectivity index is 1.52. The van der Waals surface area contributed by atoms with Crippen LogP contribution in [0.3, 0.4) is 0 Å². The second-order valence-electron chi connectivity index (χ2n) is 9.76. The molecule has 4 heteroatoms. The number of rotatable bonds is 5. The van der Waals surface area contributed by atoms with E-state index < -0.39 is 0 Å². The summed E-state index contributed by atoms with van der Waals surface area (Å²) in [4.78, 5) is 16.4. The van der Waals surface area contributed by atoms with E-state index in [1.165, 1.54) is 11.1 Å². The predicted octanol–water partition coefficient (Wildman–Crippen LogP) is 7.27.